The van der Waals surface area contributed by atoms with E-state index in [1.807, 2.05) is 20.8 Å². The number of anilines is 2. The van der Waals surface area contributed by atoms with Crippen LogP contribution in [-0.2, 0) is 14.3 Å². The van der Waals surface area contributed by atoms with Gasteiger partial charge < -0.3 is 19.7 Å². The highest BCUT2D eigenvalue weighted by Gasteiger charge is 2.33. The number of benzene rings is 1. The molecule has 6 heteroatoms. The molecule has 0 aliphatic carbocycles. The molecule has 0 bridgehead atoms. The fourth-order valence-electron chi connectivity index (χ4n) is 2.55. The summed E-state index contributed by atoms with van der Waals surface area (Å²) in [6.07, 6.45) is 0.131. The van der Waals surface area contributed by atoms with Gasteiger partial charge in [0.2, 0.25) is 5.91 Å². The zero-order chi connectivity index (χ0) is 16.1. The number of hydrogen-bond acceptors (Lipinski definition) is 4. The number of ether oxygens (including phenoxy) is 2. The summed E-state index contributed by atoms with van der Waals surface area (Å²) in [5.74, 6) is -0.382. The van der Waals surface area contributed by atoms with Crippen LogP contribution < -0.4 is 10.2 Å². The highest BCUT2D eigenvalue weighted by atomic mass is 19.1. The predicted molar refractivity (Wildman–Crippen MR) is 83.5 cm³/mol. The Hall–Kier alpha value is -1.66. The fraction of sp³-hybridized carbons (Fsp3) is 0.562. The van der Waals surface area contributed by atoms with Crippen LogP contribution in [0.1, 0.15) is 27.2 Å². The molecule has 0 spiro atoms. The molecule has 1 aliphatic heterocycles. The number of fused-ring (bicyclic) bond motifs is 1. The lowest BCUT2D eigenvalue weighted by Crippen LogP contribution is -2.50. The van der Waals surface area contributed by atoms with Gasteiger partial charge >= 0.3 is 0 Å². The summed E-state index contributed by atoms with van der Waals surface area (Å²) in [4.78, 5) is 14.2. The molecule has 22 heavy (non-hydrogen) atoms. The Kier molecular flexibility index (Phi) is 5.74. The van der Waals surface area contributed by atoms with E-state index >= 15 is 0 Å². The molecule has 1 amide bonds. The molecule has 0 aromatic heterocycles. The van der Waals surface area contributed by atoms with Crippen LogP contribution in [0, 0.1) is 5.82 Å². The van der Waals surface area contributed by atoms with Crippen molar-refractivity contribution in [3.63, 3.8) is 0 Å². The van der Waals surface area contributed by atoms with Crippen LogP contribution in [0.2, 0.25) is 0 Å². The van der Waals surface area contributed by atoms with E-state index in [4.69, 9.17) is 9.47 Å². The molecule has 2 rings (SSSR count). The first-order valence-electron chi connectivity index (χ1n) is 7.71. The van der Waals surface area contributed by atoms with Crippen molar-refractivity contribution in [3.8, 4) is 0 Å². The molecule has 0 radical (unpaired) electrons. The van der Waals surface area contributed by atoms with Crippen molar-refractivity contribution in [3.05, 3.63) is 24.0 Å². The first-order chi connectivity index (χ1) is 10.6. The van der Waals surface area contributed by atoms with Gasteiger partial charge in [-0.25, -0.2) is 4.39 Å². The average Bonchev–Trinajstić information content (AvgIpc) is 2.50. The maximum Gasteiger partial charge on any atom is 0.249 e. The number of hydrogen-bond donors (Lipinski definition) is 1. The lowest BCUT2D eigenvalue weighted by molar-refractivity contribution is -0.136. The standard InChI is InChI=1S/C16H23FN2O3/c1-4-12-16(20)19(10-15(21-5-2)22-6-3)14-8-7-11(17)9-13(14)18-12/h7-9,12,15,18H,4-6,10H2,1-3H3. The van der Waals surface area contributed by atoms with Crippen LogP contribution in [0.5, 0.6) is 0 Å². The van der Waals surface area contributed by atoms with E-state index in [1.165, 1.54) is 12.1 Å². The first kappa shape index (κ1) is 16.7. The minimum absolute atomic E-state index is 0.0500. The second-order valence-electron chi connectivity index (χ2n) is 5.06. The lowest BCUT2D eigenvalue weighted by atomic mass is 10.1. The van der Waals surface area contributed by atoms with Crippen molar-refractivity contribution >= 4 is 17.3 Å². The summed E-state index contributed by atoms with van der Waals surface area (Å²) in [5.41, 5.74) is 1.28. The van der Waals surface area contributed by atoms with Gasteiger partial charge in [-0.2, -0.15) is 0 Å². The van der Waals surface area contributed by atoms with Gasteiger partial charge in [-0.1, -0.05) is 6.92 Å². The van der Waals surface area contributed by atoms with Crippen molar-refractivity contribution < 1.29 is 18.7 Å². The number of nitrogens with one attached hydrogen (secondary N) is 1. The van der Waals surface area contributed by atoms with Gasteiger partial charge in [0.1, 0.15) is 11.9 Å². The van der Waals surface area contributed by atoms with Gasteiger partial charge in [0.15, 0.2) is 6.29 Å². The molecule has 1 N–H and O–H groups in total. The Morgan fingerprint density at radius 2 is 1.95 bits per heavy atom. The van der Waals surface area contributed by atoms with Crippen LogP contribution >= 0.6 is 0 Å². The monoisotopic (exact) mass is 310 g/mol. The van der Waals surface area contributed by atoms with Gasteiger partial charge in [-0.15, -0.1) is 0 Å². The third-order valence-corrected chi connectivity index (χ3v) is 3.59. The van der Waals surface area contributed by atoms with Gasteiger partial charge in [0.05, 0.1) is 17.9 Å². The highest BCUT2D eigenvalue weighted by Crippen LogP contribution is 2.33. The average molecular weight is 310 g/mol. The van der Waals surface area contributed by atoms with Gasteiger partial charge in [0, 0.05) is 13.2 Å². The summed E-state index contributed by atoms with van der Waals surface area (Å²) in [6.45, 7) is 6.96. The zero-order valence-electron chi connectivity index (χ0n) is 13.3. The fourth-order valence-corrected chi connectivity index (χ4v) is 2.55. The number of rotatable bonds is 7. The van der Waals surface area contributed by atoms with E-state index in [1.54, 1.807) is 11.0 Å². The molecule has 0 fully saturated rings. The summed E-state index contributed by atoms with van der Waals surface area (Å²) < 4.78 is 24.5. The number of amides is 1. The SMILES string of the molecule is CCOC(CN1C(=O)C(CC)Nc2cc(F)ccc21)OCC. The number of halogens is 1. The maximum absolute atomic E-state index is 13.5. The zero-order valence-corrected chi connectivity index (χ0v) is 13.3. The summed E-state index contributed by atoms with van der Waals surface area (Å²) in [7, 11) is 0. The quantitative estimate of drug-likeness (QED) is 0.787. The molecule has 1 atom stereocenters. The van der Waals surface area contributed by atoms with Crippen LogP contribution in [0.25, 0.3) is 0 Å². The van der Waals surface area contributed by atoms with Crippen molar-refractivity contribution in [1.82, 2.24) is 0 Å². The number of carbonyl (C=O) groups is 1. The van der Waals surface area contributed by atoms with Crippen LogP contribution in [-0.4, -0.2) is 38.0 Å². The Balaban J connectivity index is 2.29. The van der Waals surface area contributed by atoms with Crippen LogP contribution in [0.15, 0.2) is 18.2 Å². The Morgan fingerprint density at radius 1 is 1.27 bits per heavy atom. The van der Waals surface area contributed by atoms with E-state index in [0.29, 0.717) is 31.0 Å². The largest absolute Gasteiger partial charge is 0.372 e. The summed E-state index contributed by atoms with van der Waals surface area (Å²) in [6, 6.07) is 4.01. The van der Waals surface area contributed by atoms with E-state index < -0.39 is 6.29 Å². The van der Waals surface area contributed by atoms with Crippen LogP contribution in [0.4, 0.5) is 15.8 Å². The van der Waals surface area contributed by atoms with Crippen LogP contribution in [0.3, 0.4) is 0 Å². The smallest absolute Gasteiger partial charge is 0.249 e. The molecule has 0 saturated heterocycles. The Morgan fingerprint density at radius 3 is 2.55 bits per heavy atom. The minimum atomic E-state index is -0.493. The predicted octanol–water partition coefficient (Wildman–Crippen LogP) is 2.76. The van der Waals surface area contributed by atoms with Gasteiger partial charge in [0.25, 0.3) is 0 Å². The van der Waals surface area contributed by atoms with Gasteiger partial charge in [-0.3, -0.25) is 4.79 Å². The number of carbonyl (C=O) groups excluding carboxylic acids is 1. The first-order valence-corrected chi connectivity index (χ1v) is 7.71. The molecule has 1 heterocycles. The van der Waals surface area contributed by atoms with Crippen molar-refractivity contribution in [2.45, 2.75) is 39.5 Å². The Bertz CT molecular complexity index is 518. The van der Waals surface area contributed by atoms with E-state index in [0.717, 1.165) is 0 Å². The molecule has 0 saturated carbocycles. The molecular formula is C16H23FN2O3. The van der Waals surface area contributed by atoms with Crippen molar-refractivity contribution in [2.75, 3.05) is 30.0 Å². The molecule has 122 valence electrons. The topological polar surface area (TPSA) is 50.8 Å². The molecule has 1 unspecified atom stereocenters. The van der Waals surface area contributed by atoms with E-state index in [9.17, 15) is 9.18 Å². The molecule has 1 aromatic carbocycles. The van der Waals surface area contributed by atoms with E-state index in [2.05, 4.69) is 5.32 Å². The maximum atomic E-state index is 13.5. The third kappa shape index (κ3) is 3.56. The molecule has 1 aliphatic rings. The normalized spacial score (nSPS) is 17.6. The highest BCUT2D eigenvalue weighted by molar-refractivity contribution is 6.04. The molecule has 1 aromatic rings. The molecule has 5 nitrogen and oxygen atoms in total. The third-order valence-electron chi connectivity index (χ3n) is 3.59. The Labute approximate surface area is 130 Å². The lowest BCUT2D eigenvalue weighted by Gasteiger charge is -2.36. The number of nitrogens with zero attached hydrogens (tertiary/aromatic N) is 1. The van der Waals surface area contributed by atoms with Gasteiger partial charge in [-0.05, 0) is 38.5 Å². The second-order valence-corrected chi connectivity index (χ2v) is 5.06. The summed E-state index contributed by atoms with van der Waals surface area (Å²) >= 11 is 0. The molecular weight excluding hydrogens is 287 g/mol. The second kappa shape index (κ2) is 7.56. The van der Waals surface area contributed by atoms with E-state index in [-0.39, 0.29) is 24.3 Å². The van der Waals surface area contributed by atoms with Crippen molar-refractivity contribution in [2.24, 2.45) is 0 Å². The minimum Gasteiger partial charge on any atom is -0.372 e. The summed E-state index contributed by atoms with van der Waals surface area (Å²) in [5, 5.41) is 3.09. The van der Waals surface area contributed by atoms with Crippen molar-refractivity contribution in [1.29, 1.82) is 0 Å².